The Morgan fingerprint density at radius 2 is 1.83 bits per heavy atom. The van der Waals surface area contributed by atoms with Gasteiger partial charge in [-0.15, -0.1) is 0 Å². The van der Waals surface area contributed by atoms with Gasteiger partial charge in [0.05, 0.1) is 12.6 Å². The van der Waals surface area contributed by atoms with E-state index < -0.39 is 0 Å². The van der Waals surface area contributed by atoms with Crippen molar-refractivity contribution < 1.29 is 14.2 Å². The number of aryl methyl sites for hydroxylation is 2. The van der Waals surface area contributed by atoms with Gasteiger partial charge in [0.15, 0.2) is 11.5 Å². The fourth-order valence-electron chi connectivity index (χ4n) is 5.50. The highest BCUT2D eigenvalue weighted by atomic mass is 16.6. The molecule has 0 radical (unpaired) electrons. The maximum absolute atomic E-state index is 12.9. The van der Waals surface area contributed by atoms with Gasteiger partial charge in [-0.25, -0.2) is 0 Å². The van der Waals surface area contributed by atoms with E-state index in [0.29, 0.717) is 19.3 Å². The molecule has 0 saturated heterocycles. The molecule has 3 aromatic rings. The van der Waals surface area contributed by atoms with Gasteiger partial charge in [-0.2, -0.15) is 0 Å². The largest absolute Gasteiger partial charge is 0.497 e. The number of rotatable bonds is 7. The molecule has 1 aliphatic heterocycles. The van der Waals surface area contributed by atoms with Crippen LogP contribution >= 0.6 is 0 Å². The lowest BCUT2D eigenvalue weighted by atomic mass is 9.72. The fraction of sp³-hybridized carbons (Fsp3) is 0.483. The van der Waals surface area contributed by atoms with E-state index in [1.807, 2.05) is 29.7 Å². The first-order valence-corrected chi connectivity index (χ1v) is 12.7. The van der Waals surface area contributed by atoms with Gasteiger partial charge in [-0.05, 0) is 79.8 Å². The number of pyridine rings is 1. The van der Waals surface area contributed by atoms with Crippen LogP contribution in [0.4, 0.5) is 0 Å². The van der Waals surface area contributed by atoms with Crippen molar-refractivity contribution in [2.24, 2.45) is 5.41 Å². The van der Waals surface area contributed by atoms with Crippen LogP contribution in [0.15, 0.2) is 47.3 Å². The molecule has 0 bridgehead atoms. The quantitative estimate of drug-likeness (QED) is 0.507. The summed E-state index contributed by atoms with van der Waals surface area (Å²) >= 11 is 0. The van der Waals surface area contributed by atoms with Crippen molar-refractivity contribution in [3.63, 3.8) is 0 Å². The van der Waals surface area contributed by atoms with E-state index in [1.54, 1.807) is 13.2 Å². The maximum atomic E-state index is 12.9. The Hall–Kier alpha value is -2.99. The zero-order chi connectivity index (χ0) is 24.4. The number of hydrogen-bond acceptors (Lipinski definition) is 5. The molecular formula is C29H36N2O4. The number of ether oxygens (including phenoxy) is 3. The Balaban J connectivity index is 1.19. The molecule has 5 rings (SSSR count). The molecule has 186 valence electrons. The fourth-order valence-corrected chi connectivity index (χ4v) is 5.50. The monoisotopic (exact) mass is 476 g/mol. The Labute approximate surface area is 207 Å². The lowest BCUT2D eigenvalue weighted by Crippen LogP contribution is -2.37. The summed E-state index contributed by atoms with van der Waals surface area (Å²) in [6, 6.07) is 14.5. The zero-order valence-corrected chi connectivity index (χ0v) is 21.1. The summed E-state index contributed by atoms with van der Waals surface area (Å²) in [6.07, 6.45) is 5.62. The second kappa shape index (κ2) is 9.94. The number of aromatic nitrogens is 1. The third-order valence-electron chi connectivity index (χ3n) is 7.86. The molecule has 0 spiro atoms. The summed E-state index contributed by atoms with van der Waals surface area (Å²) in [6.45, 7) is 7.18. The molecule has 1 N–H and O–H groups in total. The summed E-state index contributed by atoms with van der Waals surface area (Å²) in [5.74, 6) is 2.47. The third-order valence-corrected chi connectivity index (χ3v) is 7.86. The highest BCUT2D eigenvalue weighted by molar-refractivity contribution is 5.83. The van der Waals surface area contributed by atoms with Crippen molar-refractivity contribution in [3.8, 4) is 17.2 Å². The van der Waals surface area contributed by atoms with Crippen molar-refractivity contribution in [3.05, 3.63) is 63.9 Å². The number of benzene rings is 2. The van der Waals surface area contributed by atoms with Crippen LogP contribution in [-0.4, -0.2) is 30.9 Å². The van der Waals surface area contributed by atoms with Gasteiger partial charge >= 0.3 is 0 Å². The predicted octanol–water partition coefficient (Wildman–Crippen LogP) is 5.22. The van der Waals surface area contributed by atoms with Crippen molar-refractivity contribution in [2.75, 3.05) is 20.3 Å². The summed E-state index contributed by atoms with van der Waals surface area (Å²) in [7, 11) is 1.67. The van der Waals surface area contributed by atoms with E-state index in [4.69, 9.17) is 14.2 Å². The summed E-state index contributed by atoms with van der Waals surface area (Å²) in [5.41, 5.74) is 3.52. The highest BCUT2D eigenvalue weighted by Gasteiger charge is 2.31. The second-order valence-corrected chi connectivity index (χ2v) is 10.4. The molecule has 0 atom stereocenters. The van der Waals surface area contributed by atoms with Crippen LogP contribution in [0.5, 0.6) is 17.2 Å². The lowest BCUT2D eigenvalue weighted by Gasteiger charge is -2.38. The molecule has 35 heavy (non-hydrogen) atoms. The number of nitrogens with zero attached hydrogens (tertiary/aromatic N) is 1. The summed E-state index contributed by atoms with van der Waals surface area (Å²) in [5, 5.41) is 4.86. The van der Waals surface area contributed by atoms with E-state index in [-0.39, 0.29) is 11.0 Å². The second-order valence-electron chi connectivity index (χ2n) is 10.4. The van der Waals surface area contributed by atoms with Crippen molar-refractivity contribution in [1.29, 1.82) is 0 Å². The van der Waals surface area contributed by atoms with Gasteiger partial charge in [-0.3, -0.25) is 4.79 Å². The minimum atomic E-state index is 0.0710. The Morgan fingerprint density at radius 1 is 1.06 bits per heavy atom. The predicted molar refractivity (Wildman–Crippen MR) is 139 cm³/mol. The normalized spacial score (nSPS) is 21.7. The van der Waals surface area contributed by atoms with E-state index in [2.05, 4.69) is 30.4 Å². The van der Waals surface area contributed by atoms with Crippen LogP contribution in [0, 0.1) is 12.3 Å². The van der Waals surface area contributed by atoms with Crippen LogP contribution < -0.4 is 25.1 Å². The van der Waals surface area contributed by atoms with Crippen LogP contribution in [-0.2, 0) is 13.1 Å². The van der Waals surface area contributed by atoms with Crippen molar-refractivity contribution >= 4 is 10.9 Å². The molecule has 1 saturated carbocycles. The van der Waals surface area contributed by atoms with Gasteiger partial charge < -0.3 is 24.1 Å². The SMILES string of the molecule is COc1ccc2c(C)cc(=O)n(CCC3(C)CCC(NCc4ccc5c(c4)OCCO5)CC3)c2c1. The average Bonchev–Trinajstić information content (AvgIpc) is 2.88. The first-order valence-electron chi connectivity index (χ1n) is 12.7. The maximum Gasteiger partial charge on any atom is 0.251 e. The Bertz CT molecular complexity index is 1260. The molecule has 2 heterocycles. The molecule has 0 unspecified atom stereocenters. The molecular weight excluding hydrogens is 440 g/mol. The van der Waals surface area contributed by atoms with E-state index in [0.717, 1.165) is 78.9 Å². The van der Waals surface area contributed by atoms with Crippen LogP contribution in [0.3, 0.4) is 0 Å². The molecule has 6 nitrogen and oxygen atoms in total. The van der Waals surface area contributed by atoms with Gasteiger partial charge in [0.25, 0.3) is 5.56 Å². The summed E-state index contributed by atoms with van der Waals surface area (Å²) < 4.78 is 18.7. The molecule has 1 aromatic heterocycles. The number of nitrogens with one attached hydrogen (secondary N) is 1. The summed E-state index contributed by atoms with van der Waals surface area (Å²) in [4.78, 5) is 12.9. The van der Waals surface area contributed by atoms with Crippen LogP contribution in [0.1, 0.15) is 50.2 Å². The Kier molecular flexibility index (Phi) is 6.74. The molecule has 2 aliphatic rings. The lowest BCUT2D eigenvalue weighted by molar-refractivity contribution is 0.162. The van der Waals surface area contributed by atoms with Gasteiger partial charge in [-0.1, -0.05) is 13.0 Å². The number of hydrogen-bond donors (Lipinski definition) is 1. The first-order chi connectivity index (χ1) is 16.9. The van der Waals surface area contributed by atoms with Crippen LogP contribution in [0.2, 0.25) is 0 Å². The van der Waals surface area contributed by atoms with Crippen molar-refractivity contribution in [2.45, 2.75) is 65.1 Å². The molecule has 2 aromatic carbocycles. The minimum Gasteiger partial charge on any atom is -0.497 e. The number of fused-ring (bicyclic) bond motifs is 2. The molecule has 0 amide bonds. The van der Waals surface area contributed by atoms with Crippen LogP contribution in [0.25, 0.3) is 10.9 Å². The third kappa shape index (κ3) is 5.18. The first kappa shape index (κ1) is 23.7. The van der Waals surface area contributed by atoms with E-state index >= 15 is 0 Å². The van der Waals surface area contributed by atoms with E-state index in [1.165, 1.54) is 5.56 Å². The average molecular weight is 477 g/mol. The molecule has 1 aliphatic carbocycles. The topological polar surface area (TPSA) is 61.7 Å². The molecule has 6 heteroatoms. The van der Waals surface area contributed by atoms with Gasteiger partial charge in [0, 0.05) is 36.7 Å². The zero-order valence-electron chi connectivity index (χ0n) is 21.1. The minimum absolute atomic E-state index is 0.0710. The van der Waals surface area contributed by atoms with Gasteiger partial charge in [0.1, 0.15) is 19.0 Å². The van der Waals surface area contributed by atoms with Gasteiger partial charge in [0.2, 0.25) is 0 Å². The number of methoxy groups -OCH3 is 1. The smallest absolute Gasteiger partial charge is 0.251 e. The van der Waals surface area contributed by atoms with E-state index in [9.17, 15) is 4.79 Å². The standard InChI is InChI=1S/C29H36N2O4/c1-20-16-28(32)31(25-18-23(33-3)5-6-24(20)25)13-12-29(2)10-8-22(9-11-29)30-19-21-4-7-26-27(17-21)35-15-14-34-26/h4-7,16-18,22,30H,8-15,19H2,1-3H3. The highest BCUT2D eigenvalue weighted by Crippen LogP contribution is 2.40. The molecule has 1 fully saturated rings. The Morgan fingerprint density at radius 3 is 2.60 bits per heavy atom. The van der Waals surface area contributed by atoms with Crippen molar-refractivity contribution in [1.82, 2.24) is 9.88 Å².